The van der Waals surface area contributed by atoms with E-state index in [0.717, 1.165) is 43.8 Å². The van der Waals surface area contributed by atoms with Crippen molar-refractivity contribution in [3.63, 3.8) is 0 Å². The van der Waals surface area contributed by atoms with Gasteiger partial charge in [-0.1, -0.05) is 29.3 Å². The van der Waals surface area contributed by atoms with Gasteiger partial charge < -0.3 is 5.32 Å². The lowest BCUT2D eigenvalue weighted by Crippen LogP contribution is -2.51. The highest BCUT2D eigenvalue weighted by Crippen LogP contribution is 2.30. The van der Waals surface area contributed by atoms with Gasteiger partial charge >= 0.3 is 0 Å². The van der Waals surface area contributed by atoms with Gasteiger partial charge in [-0.3, -0.25) is 9.80 Å². The van der Waals surface area contributed by atoms with E-state index in [0.29, 0.717) is 11.1 Å². The van der Waals surface area contributed by atoms with Gasteiger partial charge in [0.2, 0.25) is 0 Å². The molecule has 0 bridgehead atoms. The molecule has 2 aliphatic heterocycles. The Morgan fingerprint density at radius 2 is 1.91 bits per heavy atom. The van der Waals surface area contributed by atoms with Gasteiger partial charge in [-0.15, -0.1) is 12.4 Å². The molecule has 3 rings (SSSR count). The molecule has 1 N–H and O–H groups in total. The smallest absolute Gasteiger partial charge is 0.0468 e. The van der Waals surface area contributed by atoms with E-state index in [9.17, 15) is 0 Å². The number of hydrogen-bond acceptors (Lipinski definition) is 3. The van der Waals surface area contributed by atoms with E-state index >= 15 is 0 Å². The zero-order valence-electron chi connectivity index (χ0n) is 12.9. The van der Waals surface area contributed by atoms with Crippen molar-refractivity contribution < 1.29 is 0 Å². The summed E-state index contributed by atoms with van der Waals surface area (Å²) >= 11 is 12.3. The first-order valence-electron chi connectivity index (χ1n) is 7.79. The molecule has 2 aliphatic rings. The summed E-state index contributed by atoms with van der Waals surface area (Å²) in [7, 11) is 0. The van der Waals surface area contributed by atoms with Crippen LogP contribution in [0, 0.1) is 0 Å². The average molecular weight is 365 g/mol. The number of nitrogens with zero attached hydrogens (tertiary/aromatic N) is 2. The second-order valence-corrected chi connectivity index (χ2v) is 6.90. The Hall–Kier alpha value is -0.0300. The third kappa shape index (κ3) is 4.08. The Morgan fingerprint density at radius 1 is 1.18 bits per heavy atom. The maximum atomic E-state index is 6.35. The van der Waals surface area contributed by atoms with Crippen LogP contribution >= 0.6 is 35.6 Å². The van der Waals surface area contributed by atoms with Crippen molar-refractivity contribution in [1.29, 1.82) is 0 Å². The minimum absolute atomic E-state index is 0. The fourth-order valence-corrected chi connectivity index (χ4v) is 4.04. The predicted molar refractivity (Wildman–Crippen MR) is 96.5 cm³/mol. The maximum absolute atomic E-state index is 6.35. The van der Waals surface area contributed by atoms with Crippen LogP contribution in [0.4, 0.5) is 0 Å². The molecule has 1 aromatic rings. The molecule has 0 aliphatic carbocycles. The van der Waals surface area contributed by atoms with E-state index in [2.05, 4.69) is 28.1 Å². The van der Waals surface area contributed by atoms with Crippen LogP contribution in [0.25, 0.3) is 0 Å². The zero-order chi connectivity index (χ0) is 14.8. The van der Waals surface area contributed by atoms with Crippen LogP contribution in [0.2, 0.25) is 10.0 Å². The van der Waals surface area contributed by atoms with Crippen LogP contribution in [-0.2, 0) is 0 Å². The SMILES string of the molecule is CC(c1ccc(Cl)cc1Cl)N1CCN(C2CCNC2)CC1.Cl. The summed E-state index contributed by atoms with van der Waals surface area (Å²) in [4.78, 5) is 5.15. The van der Waals surface area contributed by atoms with E-state index in [4.69, 9.17) is 23.2 Å². The molecule has 124 valence electrons. The number of nitrogens with one attached hydrogen (secondary N) is 1. The molecule has 2 saturated heterocycles. The third-order valence-corrected chi connectivity index (χ3v) is 5.42. The van der Waals surface area contributed by atoms with Gasteiger partial charge in [-0.25, -0.2) is 0 Å². The minimum atomic E-state index is 0. The fraction of sp³-hybridized carbons (Fsp3) is 0.625. The fourth-order valence-electron chi connectivity index (χ4n) is 3.48. The van der Waals surface area contributed by atoms with Gasteiger partial charge in [-0.2, -0.15) is 0 Å². The van der Waals surface area contributed by atoms with Crippen molar-refractivity contribution in [2.24, 2.45) is 0 Å². The lowest BCUT2D eigenvalue weighted by molar-refractivity contribution is 0.0787. The normalized spacial score (nSPS) is 25.0. The van der Waals surface area contributed by atoms with Crippen molar-refractivity contribution in [3.8, 4) is 0 Å². The molecule has 0 amide bonds. The first-order chi connectivity index (χ1) is 10.1. The Bertz CT molecular complexity index is 484. The molecule has 3 nitrogen and oxygen atoms in total. The Morgan fingerprint density at radius 3 is 2.50 bits per heavy atom. The summed E-state index contributed by atoms with van der Waals surface area (Å²) in [6.45, 7) is 9.08. The van der Waals surface area contributed by atoms with E-state index in [1.54, 1.807) is 0 Å². The molecule has 2 atom stereocenters. The van der Waals surface area contributed by atoms with Gasteiger partial charge in [0.25, 0.3) is 0 Å². The summed E-state index contributed by atoms with van der Waals surface area (Å²) < 4.78 is 0. The molecule has 2 fully saturated rings. The third-order valence-electron chi connectivity index (χ3n) is 4.86. The molecule has 0 saturated carbocycles. The van der Waals surface area contributed by atoms with Crippen LogP contribution < -0.4 is 5.32 Å². The molecule has 2 unspecified atom stereocenters. The summed E-state index contributed by atoms with van der Waals surface area (Å²) in [5, 5.41) is 4.94. The molecule has 2 heterocycles. The van der Waals surface area contributed by atoms with Gasteiger partial charge in [-0.05, 0) is 37.6 Å². The predicted octanol–water partition coefficient (Wildman–Crippen LogP) is 3.46. The molecule has 0 radical (unpaired) electrons. The molecular formula is C16H24Cl3N3. The van der Waals surface area contributed by atoms with Crippen molar-refractivity contribution in [2.45, 2.75) is 25.4 Å². The second-order valence-electron chi connectivity index (χ2n) is 6.06. The molecule has 0 aromatic heterocycles. The van der Waals surface area contributed by atoms with Crippen LogP contribution in [0.5, 0.6) is 0 Å². The summed E-state index contributed by atoms with van der Waals surface area (Å²) in [5.74, 6) is 0. The molecule has 22 heavy (non-hydrogen) atoms. The lowest BCUT2D eigenvalue weighted by Gasteiger charge is -2.40. The van der Waals surface area contributed by atoms with E-state index < -0.39 is 0 Å². The number of piperazine rings is 1. The van der Waals surface area contributed by atoms with Gasteiger partial charge in [0.15, 0.2) is 0 Å². The molecular weight excluding hydrogens is 341 g/mol. The zero-order valence-corrected chi connectivity index (χ0v) is 15.2. The van der Waals surface area contributed by atoms with Crippen molar-refractivity contribution in [3.05, 3.63) is 33.8 Å². The highest BCUT2D eigenvalue weighted by Gasteiger charge is 2.28. The largest absolute Gasteiger partial charge is 0.315 e. The standard InChI is InChI=1S/C16H23Cl2N3.ClH/c1-12(15-3-2-13(17)10-16(15)18)20-6-8-21(9-7-20)14-4-5-19-11-14;/h2-3,10,12,14,19H,4-9,11H2,1H3;1H. The Labute approximate surface area is 149 Å². The number of rotatable bonds is 3. The summed E-state index contributed by atoms with van der Waals surface area (Å²) in [6.07, 6.45) is 1.29. The molecule has 0 spiro atoms. The van der Waals surface area contributed by atoms with Crippen LogP contribution in [0.3, 0.4) is 0 Å². The van der Waals surface area contributed by atoms with Crippen molar-refractivity contribution in [1.82, 2.24) is 15.1 Å². The Kier molecular flexibility index (Phi) is 6.81. The second kappa shape index (κ2) is 8.18. The molecule has 1 aromatic carbocycles. The van der Waals surface area contributed by atoms with Crippen LogP contribution in [0.15, 0.2) is 18.2 Å². The van der Waals surface area contributed by atoms with Crippen LogP contribution in [0.1, 0.15) is 24.9 Å². The van der Waals surface area contributed by atoms with E-state index in [-0.39, 0.29) is 12.4 Å². The van der Waals surface area contributed by atoms with Gasteiger partial charge in [0.05, 0.1) is 0 Å². The first kappa shape index (κ1) is 18.3. The quantitative estimate of drug-likeness (QED) is 0.886. The maximum Gasteiger partial charge on any atom is 0.0468 e. The highest BCUT2D eigenvalue weighted by molar-refractivity contribution is 6.35. The number of halogens is 3. The van der Waals surface area contributed by atoms with Gasteiger partial charge in [0, 0.05) is 54.9 Å². The van der Waals surface area contributed by atoms with Gasteiger partial charge in [0.1, 0.15) is 0 Å². The van der Waals surface area contributed by atoms with E-state index in [1.165, 1.54) is 18.5 Å². The van der Waals surface area contributed by atoms with Crippen molar-refractivity contribution in [2.75, 3.05) is 39.3 Å². The number of hydrogen-bond donors (Lipinski definition) is 1. The number of benzene rings is 1. The van der Waals surface area contributed by atoms with Crippen LogP contribution in [-0.4, -0.2) is 55.1 Å². The Balaban J connectivity index is 0.00000176. The summed E-state index contributed by atoms with van der Waals surface area (Å²) in [5.41, 5.74) is 1.18. The highest BCUT2D eigenvalue weighted by atomic mass is 35.5. The monoisotopic (exact) mass is 363 g/mol. The first-order valence-corrected chi connectivity index (χ1v) is 8.54. The minimum Gasteiger partial charge on any atom is -0.315 e. The topological polar surface area (TPSA) is 18.5 Å². The van der Waals surface area contributed by atoms with Crippen molar-refractivity contribution >= 4 is 35.6 Å². The molecule has 6 heteroatoms. The average Bonchev–Trinajstić information content (AvgIpc) is 3.01. The summed E-state index contributed by atoms with van der Waals surface area (Å²) in [6, 6.07) is 6.91. The van der Waals surface area contributed by atoms with E-state index in [1.807, 2.05) is 12.1 Å². The lowest BCUT2D eigenvalue weighted by atomic mass is 10.1.